The number of thiophene rings is 1. The first-order valence-corrected chi connectivity index (χ1v) is 14.8. The van der Waals surface area contributed by atoms with Crippen LogP contribution in [0, 0.1) is 0 Å². The van der Waals surface area contributed by atoms with E-state index in [-0.39, 0.29) is 0 Å². The number of benzene rings is 5. The molecule has 0 N–H and O–H groups in total. The summed E-state index contributed by atoms with van der Waals surface area (Å²) in [5, 5.41) is 6.07. The lowest BCUT2D eigenvalue weighted by Gasteiger charge is -2.11. The van der Waals surface area contributed by atoms with Crippen molar-refractivity contribution >= 4 is 64.3 Å². The van der Waals surface area contributed by atoms with Crippen LogP contribution < -0.4 is 0 Å². The minimum atomic E-state index is 0.722. The molecule has 0 spiro atoms. The van der Waals surface area contributed by atoms with Gasteiger partial charge in [0.1, 0.15) is 4.83 Å². The topological polar surface area (TPSA) is 43.6 Å². The maximum atomic E-state index is 5.07. The summed E-state index contributed by atoms with van der Waals surface area (Å²) in [6.45, 7) is 0. The average molecular weight is 555 g/mol. The molecule has 0 bridgehead atoms. The lowest BCUT2D eigenvalue weighted by Crippen LogP contribution is -1.97. The summed E-state index contributed by atoms with van der Waals surface area (Å²) in [7, 11) is 0. The Balaban J connectivity index is 1.24. The van der Waals surface area contributed by atoms with Gasteiger partial charge in [-0.3, -0.25) is 0 Å². The standard InChI is InChI=1S/C37H22N4S/c1-2-9-23(10-3-1)35-26-11-4-6-14-29(26)39-36(40-35)24-16-18-25(19-17-24)41-30-15-7-5-12-27(30)33-31(41)20-21-32-34(33)28-13-8-22-38-37(28)42-32/h1-22H. The van der Waals surface area contributed by atoms with E-state index in [1.54, 1.807) is 11.3 Å². The fourth-order valence-corrected chi connectivity index (χ4v) is 7.27. The van der Waals surface area contributed by atoms with Crippen LogP contribution in [0.15, 0.2) is 134 Å². The van der Waals surface area contributed by atoms with Crippen LogP contribution >= 0.6 is 11.3 Å². The van der Waals surface area contributed by atoms with E-state index in [9.17, 15) is 0 Å². The number of pyridine rings is 1. The maximum absolute atomic E-state index is 5.07. The van der Waals surface area contributed by atoms with Crippen LogP contribution in [0.5, 0.6) is 0 Å². The Hall–Kier alpha value is -5.39. The smallest absolute Gasteiger partial charge is 0.160 e. The normalized spacial score (nSPS) is 11.8. The molecule has 42 heavy (non-hydrogen) atoms. The Kier molecular flexibility index (Phi) is 5.03. The highest BCUT2D eigenvalue weighted by atomic mass is 32.1. The first-order chi connectivity index (χ1) is 20.8. The molecule has 9 rings (SSSR count). The fourth-order valence-electron chi connectivity index (χ4n) is 6.22. The lowest BCUT2D eigenvalue weighted by molar-refractivity contribution is 1.17. The molecule has 0 amide bonds. The first kappa shape index (κ1) is 23.3. The van der Waals surface area contributed by atoms with E-state index >= 15 is 0 Å². The number of nitrogens with zero attached hydrogens (tertiary/aromatic N) is 4. The molecule has 0 aliphatic heterocycles. The summed E-state index contributed by atoms with van der Waals surface area (Å²) in [5.41, 5.74) is 7.43. The highest BCUT2D eigenvalue weighted by Gasteiger charge is 2.18. The van der Waals surface area contributed by atoms with Crippen LogP contribution in [0.4, 0.5) is 0 Å². The molecule has 0 atom stereocenters. The van der Waals surface area contributed by atoms with Crippen molar-refractivity contribution in [2.45, 2.75) is 0 Å². The van der Waals surface area contributed by atoms with Gasteiger partial charge in [0.05, 0.1) is 22.2 Å². The van der Waals surface area contributed by atoms with Gasteiger partial charge >= 0.3 is 0 Å². The average Bonchev–Trinajstić information content (AvgIpc) is 3.60. The van der Waals surface area contributed by atoms with Crippen molar-refractivity contribution in [3.63, 3.8) is 0 Å². The molecule has 4 nitrogen and oxygen atoms in total. The number of hydrogen-bond acceptors (Lipinski definition) is 4. The fraction of sp³-hybridized carbons (Fsp3) is 0. The van der Waals surface area contributed by atoms with Gasteiger partial charge in [0.2, 0.25) is 0 Å². The molecule has 0 saturated carbocycles. The van der Waals surface area contributed by atoms with Crippen molar-refractivity contribution in [2.75, 3.05) is 0 Å². The van der Waals surface area contributed by atoms with Crippen LogP contribution in [0.25, 0.3) is 81.3 Å². The summed E-state index contributed by atoms with van der Waals surface area (Å²) in [5.74, 6) is 0.722. The summed E-state index contributed by atoms with van der Waals surface area (Å²) in [4.78, 5) is 15.8. The third-order valence-corrected chi connectivity index (χ3v) is 9.16. The highest BCUT2D eigenvalue weighted by Crippen LogP contribution is 2.42. The third kappa shape index (κ3) is 3.44. The SMILES string of the molecule is c1ccc(-c2nc(-c3ccc(-n4c5ccccc5c5c6c(ccc54)sc4ncccc46)cc3)nc3ccccc23)cc1. The van der Waals surface area contributed by atoms with Gasteiger partial charge in [-0.2, -0.15) is 0 Å². The molecular formula is C37H22N4S. The van der Waals surface area contributed by atoms with E-state index in [0.29, 0.717) is 0 Å². The molecule has 4 heterocycles. The molecule has 4 aromatic heterocycles. The summed E-state index contributed by atoms with van der Waals surface area (Å²) < 4.78 is 3.63. The van der Waals surface area contributed by atoms with Crippen LogP contribution in [0.3, 0.4) is 0 Å². The van der Waals surface area contributed by atoms with Crippen molar-refractivity contribution in [3.05, 3.63) is 134 Å². The molecule has 196 valence electrons. The van der Waals surface area contributed by atoms with Gasteiger partial charge in [-0.25, -0.2) is 15.0 Å². The van der Waals surface area contributed by atoms with Crippen molar-refractivity contribution < 1.29 is 0 Å². The Morgan fingerprint density at radius 3 is 2.17 bits per heavy atom. The Morgan fingerprint density at radius 1 is 0.524 bits per heavy atom. The minimum absolute atomic E-state index is 0.722. The van der Waals surface area contributed by atoms with Gasteiger partial charge in [-0.1, -0.05) is 66.7 Å². The quantitative estimate of drug-likeness (QED) is 0.218. The summed E-state index contributed by atoms with van der Waals surface area (Å²) in [6, 6.07) is 44.6. The van der Waals surface area contributed by atoms with Crippen LogP contribution in [0.1, 0.15) is 0 Å². The zero-order valence-electron chi connectivity index (χ0n) is 22.4. The predicted molar refractivity (Wildman–Crippen MR) is 175 cm³/mol. The first-order valence-electron chi connectivity index (χ1n) is 14.0. The van der Waals surface area contributed by atoms with Crippen molar-refractivity contribution in [2.24, 2.45) is 0 Å². The largest absolute Gasteiger partial charge is 0.309 e. The van der Waals surface area contributed by atoms with Crippen LogP contribution in [-0.4, -0.2) is 19.5 Å². The van der Waals surface area contributed by atoms with Crippen LogP contribution in [0.2, 0.25) is 0 Å². The van der Waals surface area contributed by atoms with Gasteiger partial charge in [-0.15, -0.1) is 11.3 Å². The minimum Gasteiger partial charge on any atom is -0.309 e. The van der Waals surface area contributed by atoms with Gasteiger partial charge in [-0.05, 0) is 60.7 Å². The second-order valence-corrected chi connectivity index (χ2v) is 11.5. The number of para-hydroxylation sites is 2. The molecular weight excluding hydrogens is 533 g/mol. The van der Waals surface area contributed by atoms with Crippen molar-refractivity contribution in [1.82, 2.24) is 19.5 Å². The van der Waals surface area contributed by atoms with E-state index < -0.39 is 0 Å². The highest BCUT2D eigenvalue weighted by molar-refractivity contribution is 7.25. The molecule has 9 aromatic rings. The molecule has 0 fully saturated rings. The molecule has 0 radical (unpaired) electrons. The van der Waals surface area contributed by atoms with E-state index in [1.165, 1.54) is 37.3 Å². The molecule has 0 unspecified atom stereocenters. The van der Waals surface area contributed by atoms with Crippen LogP contribution in [-0.2, 0) is 0 Å². The predicted octanol–water partition coefficient (Wildman–Crippen LogP) is 9.82. The van der Waals surface area contributed by atoms with E-state index in [4.69, 9.17) is 9.97 Å². The monoisotopic (exact) mass is 554 g/mol. The van der Waals surface area contributed by atoms with E-state index in [2.05, 4.69) is 113 Å². The van der Waals surface area contributed by atoms with E-state index in [0.717, 1.165) is 44.1 Å². The third-order valence-electron chi connectivity index (χ3n) is 8.08. The van der Waals surface area contributed by atoms with Gasteiger partial charge in [0.15, 0.2) is 5.82 Å². The van der Waals surface area contributed by atoms with Crippen molar-refractivity contribution in [3.8, 4) is 28.3 Å². The number of hydrogen-bond donors (Lipinski definition) is 0. The zero-order chi connectivity index (χ0) is 27.6. The molecule has 0 saturated heterocycles. The Labute approximate surface area is 245 Å². The van der Waals surface area contributed by atoms with Crippen molar-refractivity contribution in [1.29, 1.82) is 0 Å². The molecule has 0 aliphatic rings. The second kappa shape index (κ2) is 9.06. The second-order valence-electron chi connectivity index (χ2n) is 10.5. The van der Waals surface area contributed by atoms with Gasteiger partial charge in [0, 0.05) is 54.6 Å². The summed E-state index contributed by atoms with van der Waals surface area (Å²) in [6.07, 6.45) is 1.88. The van der Waals surface area contributed by atoms with E-state index in [1.807, 2.05) is 30.5 Å². The Bertz CT molecular complexity index is 2460. The molecule has 5 aromatic carbocycles. The number of aromatic nitrogens is 4. The Morgan fingerprint density at radius 2 is 1.29 bits per heavy atom. The number of rotatable bonds is 3. The van der Waals surface area contributed by atoms with Gasteiger partial charge < -0.3 is 4.57 Å². The lowest BCUT2D eigenvalue weighted by atomic mass is 10.1. The zero-order valence-corrected chi connectivity index (χ0v) is 23.2. The molecule has 0 aliphatic carbocycles. The maximum Gasteiger partial charge on any atom is 0.160 e. The molecule has 5 heteroatoms. The summed E-state index contributed by atoms with van der Waals surface area (Å²) >= 11 is 1.76. The van der Waals surface area contributed by atoms with Gasteiger partial charge in [0.25, 0.3) is 0 Å². The number of fused-ring (bicyclic) bond motifs is 8.